The van der Waals surface area contributed by atoms with Crippen LogP contribution in [0.5, 0.6) is 0 Å². The molecule has 1 amide bonds. The molecule has 5 nitrogen and oxygen atoms in total. The summed E-state index contributed by atoms with van der Waals surface area (Å²) in [4.78, 5) is 13.7. The van der Waals surface area contributed by atoms with Gasteiger partial charge in [-0.2, -0.15) is 0 Å². The van der Waals surface area contributed by atoms with Gasteiger partial charge in [0.2, 0.25) is 0 Å². The number of carbonyl (C=O) groups excluding carboxylic acids is 1. The van der Waals surface area contributed by atoms with Crippen molar-refractivity contribution < 1.29 is 9.32 Å². The van der Waals surface area contributed by atoms with Crippen molar-refractivity contribution in [3.63, 3.8) is 0 Å². The first-order valence-corrected chi connectivity index (χ1v) is 5.61. The van der Waals surface area contributed by atoms with E-state index in [2.05, 4.69) is 9.68 Å². The Kier molecular flexibility index (Phi) is 3.24. The van der Waals surface area contributed by atoms with Crippen molar-refractivity contribution >= 4 is 5.91 Å². The molecule has 0 aromatic carbocycles. The van der Waals surface area contributed by atoms with Gasteiger partial charge in [-0.3, -0.25) is 4.79 Å². The van der Waals surface area contributed by atoms with Crippen LogP contribution >= 0.6 is 0 Å². The van der Waals surface area contributed by atoms with Gasteiger partial charge in [-0.25, -0.2) is 0 Å². The molecule has 16 heavy (non-hydrogen) atoms. The highest BCUT2D eigenvalue weighted by Crippen LogP contribution is 2.22. The van der Waals surface area contributed by atoms with Crippen molar-refractivity contribution in [1.82, 2.24) is 10.1 Å². The molecule has 0 aliphatic heterocycles. The SMILES string of the molecule is CN(C(=O)c1ccon1)C1CCC(N)CC1. The lowest BCUT2D eigenvalue weighted by molar-refractivity contribution is 0.0679. The number of nitrogens with two attached hydrogens (primary N) is 1. The lowest BCUT2D eigenvalue weighted by Crippen LogP contribution is -2.41. The highest BCUT2D eigenvalue weighted by Gasteiger charge is 2.26. The third-order valence-corrected chi connectivity index (χ3v) is 3.27. The fraction of sp³-hybridized carbons (Fsp3) is 0.636. The van der Waals surface area contributed by atoms with Crippen LogP contribution in [-0.4, -0.2) is 35.1 Å². The molecule has 1 fully saturated rings. The van der Waals surface area contributed by atoms with E-state index in [1.54, 1.807) is 11.0 Å². The van der Waals surface area contributed by atoms with E-state index in [9.17, 15) is 4.79 Å². The zero-order valence-corrected chi connectivity index (χ0v) is 9.43. The molecule has 1 heterocycles. The molecule has 0 saturated heterocycles. The second-order valence-corrected chi connectivity index (χ2v) is 4.37. The molecule has 1 aliphatic carbocycles. The van der Waals surface area contributed by atoms with Crippen LogP contribution in [0, 0.1) is 0 Å². The highest BCUT2D eigenvalue weighted by atomic mass is 16.5. The van der Waals surface area contributed by atoms with E-state index in [1.165, 1.54) is 6.26 Å². The number of amides is 1. The van der Waals surface area contributed by atoms with Crippen LogP contribution in [0.25, 0.3) is 0 Å². The number of nitrogens with zero attached hydrogens (tertiary/aromatic N) is 2. The minimum absolute atomic E-state index is 0.0748. The second-order valence-electron chi connectivity index (χ2n) is 4.37. The van der Waals surface area contributed by atoms with Gasteiger partial charge in [-0.05, 0) is 25.7 Å². The Morgan fingerprint density at radius 3 is 2.75 bits per heavy atom. The summed E-state index contributed by atoms with van der Waals surface area (Å²) in [6.45, 7) is 0. The Bertz CT molecular complexity index is 342. The molecule has 0 radical (unpaired) electrons. The van der Waals surface area contributed by atoms with Gasteiger partial charge in [0, 0.05) is 25.2 Å². The third kappa shape index (κ3) is 2.24. The minimum atomic E-state index is -0.0748. The summed E-state index contributed by atoms with van der Waals surface area (Å²) in [6.07, 6.45) is 5.34. The van der Waals surface area contributed by atoms with E-state index < -0.39 is 0 Å². The largest absolute Gasteiger partial charge is 0.364 e. The van der Waals surface area contributed by atoms with Crippen LogP contribution in [0.4, 0.5) is 0 Å². The number of hydrogen-bond acceptors (Lipinski definition) is 4. The number of hydrogen-bond donors (Lipinski definition) is 1. The van der Waals surface area contributed by atoms with Crippen molar-refractivity contribution in [3.8, 4) is 0 Å². The van der Waals surface area contributed by atoms with E-state index in [0.29, 0.717) is 11.7 Å². The first-order valence-electron chi connectivity index (χ1n) is 5.61. The molecule has 2 N–H and O–H groups in total. The molecule has 1 saturated carbocycles. The average molecular weight is 223 g/mol. The molecule has 0 bridgehead atoms. The molecule has 0 spiro atoms. The molecule has 5 heteroatoms. The van der Waals surface area contributed by atoms with Gasteiger partial charge in [0.05, 0.1) is 0 Å². The maximum Gasteiger partial charge on any atom is 0.276 e. The van der Waals surface area contributed by atoms with Gasteiger partial charge in [0.25, 0.3) is 5.91 Å². The molecule has 1 aromatic rings. The quantitative estimate of drug-likeness (QED) is 0.812. The predicted molar refractivity (Wildman–Crippen MR) is 58.8 cm³/mol. The molecule has 0 unspecified atom stereocenters. The van der Waals surface area contributed by atoms with Crippen LogP contribution in [0.1, 0.15) is 36.2 Å². The third-order valence-electron chi connectivity index (χ3n) is 3.27. The van der Waals surface area contributed by atoms with Crippen molar-refractivity contribution in [1.29, 1.82) is 0 Å². The van der Waals surface area contributed by atoms with Gasteiger partial charge in [0.1, 0.15) is 6.26 Å². The molecule has 2 rings (SSSR count). The standard InChI is InChI=1S/C11H17N3O2/c1-14(9-4-2-8(12)3-5-9)11(15)10-6-7-16-13-10/h6-9H,2-5,12H2,1H3. The zero-order valence-electron chi connectivity index (χ0n) is 9.43. The predicted octanol–water partition coefficient (Wildman–Crippen LogP) is 1.02. The van der Waals surface area contributed by atoms with E-state index >= 15 is 0 Å². The molecule has 0 atom stereocenters. The van der Waals surface area contributed by atoms with Gasteiger partial charge < -0.3 is 15.2 Å². The summed E-state index contributed by atoms with van der Waals surface area (Å²) < 4.78 is 4.67. The monoisotopic (exact) mass is 223 g/mol. The van der Waals surface area contributed by atoms with Gasteiger partial charge >= 0.3 is 0 Å². The Hall–Kier alpha value is -1.36. The van der Waals surface area contributed by atoms with Crippen LogP contribution < -0.4 is 5.73 Å². The number of aromatic nitrogens is 1. The minimum Gasteiger partial charge on any atom is -0.364 e. The van der Waals surface area contributed by atoms with Crippen LogP contribution in [-0.2, 0) is 0 Å². The first kappa shape index (κ1) is 11.1. The molecular weight excluding hydrogens is 206 g/mol. The molecular formula is C11H17N3O2. The Labute approximate surface area is 94.6 Å². The summed E-state index contributed by atoms with van der Waals surface area (Å²) in [6, 6.07) is 2.17. The fourth-order valence-electron chi connectivity index (χ4n) is 2.16. The van der Waals surface area contributed by atoms with E-state index in [4.69, 9.17) is 5.73 Å². The summed E-state index contributed by atoms with van der Waals surface area (Å²) >= 11 is 0. The summed E-state index contributed by atoms with van der Waals surface area (Å²) in [5.74, 6) is -0.0748. The highest BCUT2D eigenvalue weighted by molar-refractivity contribution is 5.92. The zero-order chi connectivity index (χ0) is 11.5. The number of rotatable bonds is 2. The van der Waals surface area contributed by atoms with Crippen molar-refractivity contribution in [2.75, 3.05) is 7.05 Å². The van der Waals surface area contributed by atoms with Crippen molar-refractivity contribution in [2.24, 2.45) is 5.73 Å². The normalized spacial score (nSPS) is 25.4. The lowest BCUT2D eigenvalue weighted by atomic mass is 9.91. The van der Waals surface area contributed by atoms with Gasteiger partial charge in [0.15, 0.2) is 5.69 Å². The van der Waals surface area contributed by atoms with Crippen LogP contribution in [0.15, 0.2) is 16.9 Å². The smallest absolute Gasteiger partial charge is 0.276 e. The summed E-state index contributed by atoms with van der Waals surface area (Å²) in [5.41, 5.74) is 6.21. The molecule has 88 valence electrons. The maximum atomic E-state index is 12.0. The van der Waals surface area contributed by atoms with E-state index in [1.807, 2.05) is 7.05 Å². The Morgan fingerprint density at radius 1 is 1.50 bits per heavy atom. The number of carbonyl (C=O) groups is 1. The van der Waals surface area contributed by atoms with Crippen molar-refractivity contribution in [2.45, 2.75) is 37.8 Å². The van der Waals surface area contributed by atoms with Crippen molar-refractivity contribution in [3.05, 3.63) is 18.0 Å². The average Bonchev–Trinajstić information content (AvgIpc) is 2.81. The Morgan fingerprint density at radius 2 is 2.19 bits per heavy atom. The maximum absolute atomic E-state index is 12.0. The van der Waals surface area contributed by atoms with E-state index in [0.717, 1.165) is 25.7 Å². The van der Waals surface area contributed by atoms with Gasteiger partial charge in [-0.1, -0.05) is 5.16 Å². The molecule has 1 aromatic heterocycles. The van der Waals surface area contributed by atoms with Gasteiger partial charge in [-0.15, -0.1) is 0 Å². The Balaban J connectivity index is 1.97. The second kappa shape index (κ2) is 4.65. The summed E-state index contributed by atoms with van der Waals surface area (Å²) in [5, 5.41) is 3.66. The molecule has 1 aliphatic rings. The summed E-state index contributed by atoms with van der Waals surface area (Å²) in [7, 11) is 1.82. The van der Waals surface area contributed by atoms with E-state index in [-0.39, 0.29) is 11.9 Å². The lowest BCUT2D eigenvalue weighted by Gasteiger charge is -2.33. The van der Waals surface area contributed by atoms with Crippen LogP contribution in [0.3, 0.4) is 0 Å². The topological polar surface area (TPSA) is 72.4 Å². The first-order chi connectivity index (χ1) is 7.68. The fourth-order valence-corrected chi connectivity index (χ4v) is 2.16. The van der Waals surface area contributed by atoms with Crippen LogP contribution in [0.2, 0.25) is 0 Å².